The van der Waals surface area contributed by atoms with Gasteiger partial charge >= 0.3 is 0 Å². The van der Waals surface area contributed by atoms with Gasteiger partial charge in [0.05, 0.1) is 40.4 Å². The predicted molar refractivity (Wildman–Crippen MR) is 137 cm³/mol. The van der Waals surface area contributed by atoms with Crippen molar-refractivity contribution in [2.75, 3.05) is 12.4 Å². The molecule has 0 spiro atoms. The summed E-state index contributed by atoms with van der Waals surface area (Å²) >= 11 is 12.7. The first-order valence-electron chi connectivity index (χ1n) is 10.8. The van der Waals surface area contributed by atoms with Gasteiger partial charge in [0.1, 0.15) is 5.75 Å². The molecule has 2 N–H and O–H groups in total. The summed E-state index contributed by atoms with van der Waals surface area (Å²) in [6.07, 6.45) is 0. The largest absolute Gasteiger partial charge is 0.497 e. The predicted octanol–water partition coefficient (Wildman–Crippen LogP) is 4.34. The van der Waals surface area contributed by atoms with E-state index >= 15 is 0 Å². The van der Waals surface area contributed by atoms with Gasteiger partial charge in [-0.2, -0.15) is 0 Å². The van der Waals surface area contributed by atoms with Crippen molar-refractivity contribution in [2.24, 2.45) is 12.0 Å². The normalized spacial score (nSPS) is 11.7. The van der Waals surface area contributed by atoms with E-state index < -0.39 is 0 Å². The zero-order valence-corrected chi connectivity index (χ0v) is 20.7. The fraction of sp³-hybridized carbons (Fsp3) is 0.125. The molecule has 10 nitrogen and oxygen atoms in total. The van der Waals surface area contributed by atoms with Crippen LogP contribution >= 0.6 is 23.2 Å². The number of anilines is 1. The number of H-pyrrole nitrogens is 1. The first-order valence-corrected chi connectivity index (χ1v) is 11.6. The highest BCUT2D eigenvalue weighted by atomic mass is 35.5. The number of aromatic amines is 1. The van der Waals surface area contributed by atoms with Gasteiger partial charge in [0, 0.05) is 12.6 Å². The highest BCUT2D eigenvalue weighted by Gasteiger charge is 2.14. The Bertz CT molecular complexity index is 1610. The number of fused-ring (bicyclic) bond motifs is 1. The molecule has 12 heteroatoms. The van der Waals surface area contributed by atoms with Gasteiger partial charge in [0.25, 0.3) is 5.91 Å². The number of hydrogen-bond acceptors (Lipinski definition) is 6. The number of carbonyl (C=O) groups is 1. The number of halogens is 2. The monoisotopic (exact) mass is 522 g/mol. The van der Waals surface area contributed by atoms with Gasteiger partial charge in [0.2, 0.25) is 11.6 Å². The quantitative estimate of drug-likeness (QED) is 0.344. The summed E-state index contributed by atoms with van der Waals surface area (Å²) in [7, 11) is 3.55. The van der Waals surface area contributed by atoms with Crippen LogP contribution in [0.15, 0.2) is 65.7 Å². The summed E-state index contributed by atoms with van der Waals surface area (Å²) in [5.74, 6) is 0.603. The zero-order valence-electron chi connectivity index (χ0n) is 19.2. The molecule has 2 heterocycles. The third kappa shape index (κ3) is 4.68. The Morgan fingerprint density at radius 1 is 1.06 bits per heavy atom. The van der Waals surface area contributed by atoms with Crippen LogP contribution < -0.4 is 15.7 Å². The van der Waals surface area contributed by atoms with Crippen LogP contribution in [0.4, 0.5) is 11.6 Å². The van der Waals surface area contributed by atoms with E-state index in [4.69, 9.17) is 32.9 Å². The number of rotatable bonds is 6. The smallest absolute Gasteiger partial charge is 0.258 e. The molecule has 0 saturated carbocycles. The molecular formula is C24H20Cl2N8O2. The number of tetrazole rings is 1. The molecule has 0 aliphatic carbocycles. The Morgan fingerprint density at radius 3 is 2.39 bits per heavy atom. The maximum absolute atomic E-state index is 12.4. The number of aromatic nitrogens is 6. The molecule has 36 heavy (non-hydrogen) atoms. The Kier molecular flexibility index (Phi) is 6.45. The topological polar surface area (TPSA) is 115 Å². The number of nitrogens with one attached hydrogen (secondary N) is 2. The fourth-order valence-corrected chi connectivity index (χ4v) is 4.12. The average molecular weight is 523 g/mol. The van der Waals surface area contributed by atoms with Crippen molar-refractivity contribution in [1.29, 1.82) is 0 Å². The van der Waals surface area contributed by atoms with Crippen LogP contribution in [0.3, 0.4) is 0 Å². The molecule has 5 rings (SSSR count). The lowest BCUT2D eigenvalue weighted by Crippen LogP contribution is -2.24. The van der Waals surface area contributed by atoms with E-state index in [0.29, 0.717) is 27.8 Å². The first-order chi connectivity index (χ1) is 17.4. The second-order valence-corrected chi connectivity index (χ2v) is 8.73. The average Bonchev–Trinajstić information content (AvgIpc) is 3.48. The van der Waals surface area contributed by atoms with E-state index in [1.807, 2.05) is 60.1 Å². The molecule has 0 atom stereocenters. The second-order valence-electron chi connectivity index (χ2n) is 7.91. The van der Waals surface area contributed by atoms with E-state index in [-0.39, 0.29) is 11.9 Å². The van der Waals surface area contributed by atoms with Crippen LogP contribution in [0.1, 0.15) is 15.9 Å². The van der Waals surface area contributed by atoms with Crippen LogP contribution in [0, 0.1) is 0 Å². The van der Waals surface area contributed by atoms with E-state index in [0.717, 1.165) is 28.0 Å². The number of carbonyl (C=O) groups excluding carboxylic acids is 1. The minimum Gasteiger partial charge on any atom is -0.497 e. The third-order valence-electron chi connectivity index (χ3n) is 5.65. The summed E-state index contributed by atoms with van der Waals surface area (Å²) in [6, 6.07) is 18.4. The van der Waals surface area contributed by atoms with Gasteiger partial charge in [0.15, 0.2) is 0 Å². The lowest BCUT2D eigenvalue weighted by atomic mass is 10.1. The van der Waals surface area contributed by atoms with Crippen LogP contribution in [0.2, 0.25) is 10.0 Å². The van der Waals surface area contributed by atoms with Crippen molar-refractivity contribution in [3.8, 4) is 5.75 Å². The highest BCUT2D eigenvalue weighted by Crippen LogP contribution is 2.28. The van der Waals surface area contributed by atoms with Gasteiger partial charge in [-0.15, -0.1) is 0 Å². The molecule has 0 bridgehead atoms. The summed E-state index contributed by atoms with van der Waals surface area (Å²) in [4.78, 5) is 17.3. The summed E-state index contributed by atoms with van der Waals surface area (Å²) < 4.78 is 9.27. The van der Waals surface area contributed by atoms with Crippen molar-refractivity contribution >= 4 is 51.8 Å². The first kappa shape index (κ1) is 23.6. The van der Waals surface area contributed by atoms with Crippen molar-refractivity contribution in [1.82, 2.24) is 29.8 Å². The summed E-state index contributed by atoms with van der Waals surface area (Å²) in [5, 5.41) is 16.6. The Hall–Kier alpha value is -4.15. The maximum atomic E-state index is 12.4. The Labute approximate surface area is 215 Å². The minimum atomic E-state index is -0.325. The lowest BCUT2D eigenvalue weighted by molar-refractivity contribution is 0.102. The number of ether oxygens (including phenoxy) is 1. The van der Waals surface area contributed by atoms with Crippen LogP contribution in [0.5, 0.6) is 5.75 Å². The summed E-state index contributed by atoms with van der Waals surface area (Å²) in [5.41, 5.74) is 4.65. The highest BCUT2D eigenvalue weighted by molar-refractivity contribution is 6.42. The van der Waals surface area contributed by atoms with Gasteiger partial charge in [-0.3, -0.25) is 10.1 Å². The zero-order chi connectivity index (χ0) is 25.2. The molecule has 0 saturated heterocycles. The number of nitrogens with zero attached hydrogens (tertiary/aromatic N) is 6. The number of hydrogen-bond donors (Lipinski definition) is 2. The SMILES string of the molecule is COc1ccc(N=c2n(C)c3cc(Cl)c(Cl)cc3n2Cc2ccc(C(=O)Nc3nnn[nH]3)cc2)cc1. The molecule has 0 aliphatic heterocycles. The van der Waals surface area contributed by atoms with Gasteiger partial charge < -0.3 is 13.9 Å². The molecule has 0 radical (unpaired) electrons. The van der Waals surface area contributed by atoms with Crippen molar-refractivity contribution in [3.05, 3.63) is 87.5 Å². The van der Waals surface area contributed by atoms with Gasteiger partial charge in [-0.25, -0.2) is 10.1 Å². The van der Waals surface area contributed by atoms with E-state index in [1.54, 1.807) is 19.2 Å². The molecule has 0 unspecified atom stereocenters. The van der Waals surface area contributed by atoms with Crippen LogP contribution in [-0.4, -0.2) is 42.8 Å². The number of amides is 1. The van der Waals surface area contributed by atoms with E-state index in [2.05, 4.69) is 30.5 Å². The molecule has 182 valence electrons. The van der Waals surface area contributed by atoms with E-state index in [1.165, 1.54) is 0 Å². The lowest BCUT2D eigenvalue weighted by Gasteiger charge is -2.08. The molecule has 0 fully saturated rings. The molecule has 3 aromatic carbocycles. The van der Waals surface area contributed by atoms with Crippen molar-refractivity contribution in [3.63, 3.8) is 0 Å². The van der Waals surface area contributed by atoms with Gasteiger partial charge in [-0.1, -0.05) is 40.4 Å². The fourth-order valence-electron chi connectivity index (χ4n) is 3.81. The van der Waals surface area contributed by atoms with Gasteiger partial charge in [-0.05, 0) is 64.5 Å². The molecule has 5 aromatic rings. The molecule has 0 aliphatic rings. The molecule has 2 aromatic heterocycles. The van der Waals surface area contributed by atoms with Crippen molar-refractivity contribution < 1.29 is 9.53 Å². The second kappa shape index (κ2) is 9.84. The third-order valence-corrected chi connectivity index (χ3v) is 6.37. The number of benzene rings is 3. The Balaban J connectivity index is 1.54. The Morgan fingerprint density at radius 2 is 1.75 bits per heavy atom. The standard InChI is InChI=1S/C24H20Cl2N8O2/c1-33-20-11-18(25)19(26)12-21(20)34(24(33)27-16-7-9-17(36-2)10-8-16)13-14-3-5-15(6-4-14)22(35)28-23-29-31-32-30-23/h3-12H,13H2,1-2H3,(H2,28,29,30,31,32,35). The summed E-state index contributed by atoms with van der Waals surface area (Å²) in [6.45, 7) is 0.484. The number of methoxy groups -OCH3 is 1. The van der Waals surface area contributed by atoms with E-state index in [9.17, 15) is 4.79 Å². The van der Waals surface area contributed by atoms with Crippen LogP contribution in [-0.2, 0) is 13.6 Å². The van der Waals surface area contributed by atoms with Crippen LogP contribution in [0.25, 0.3) is 11.0 Å². The minimum absolute atomic E-state index is 0.177. The molecule has 1 amide bonds. The van der Waals surface area contributed by atoms with Crippen molar-refractivity contribution in [2.45, 2.75) is 6.54 Å². The molecular weight excluding hydrogens is 503 g/mol. The number of imidazole rings is 1. The number of aryl methyl sites for hydroxylation is 1. The maximum Gasteiger partial charge on any atom is 0.258 e.